The number of nitrogens with zero attached hydrogens (tertiary/aromatic N) is 2. The summed E-state index contributed by atoms with van der Waals surface area (Å²) in [4.78, 5) is 47.2. The van der Waals surface area contributed by atoms with Crippen molar-refractivity contribution < 1.29 is 34.8 Å². The Morgan fingerprint density at radius 3 is 2.44 bits per heavy atom. The maximum atomic E-state index is 12.7. The number of hydrogen-bond acceptors (Lipinski definition) is 8. The molecule has 2 rings (SSSR count). The van der Waals surface area contributed by atoms with Crippen LogP contribution in [0.4, 0.5) is 0 Å². The molecule has 0 aliphatic carbocycles. The van der Waals surface area contributed by atoms with Crippen molar-refractivity contribution in [1.29, 1.82) is 0 Å². The lowest BCUT2D eigenvalue weighted by molar-refractivity contribution is -0.164. The van der Waals surface area contributed by atoms with Gasteiger partial charge in [-0.2, -0.15) is 4.57 Å². The molecule has 4 N–H and O–H groups in total. The summed E-state index contributed by atoms with van der Waals surface area (Å²) in [6.07, 6.45) is -4.09. The minimum absolute atomic E-state index is 0.232. The third-order valence-electron chi connectivity index (χ3n) is 4.57. The summed E-state index contributed by atoms with van der Waals surface area (Å²) in [6.45, 7) is 1.87. The van der Waals surface area contributed by atoms with Crippen LogP contribution in [0.3, 0.4) is 0 Å². The summed E-state index contributed by atoms with van der Waals surface area (Å²) in [7, 11) is 0. The quantitative estimate of drug-likeness (QED) is 0.429. The van der Waals surface area contributed by atoms with Crippen LogP contribution >= 0.6 is 0 Å². The van der Waals surface area contributed by atoms with E-state index in [-0.39, 0.29) is 12.8 Å². The zero-order valence-corrected chi connectivity index (χ0v) is 14.8. The van der Waals surface area contributed by atoms with Gasteiger partial charge in [0.05, 0.1) is 6.61 Å². The fourth-order valence-electron chi connectivity index (χ4n) is 3.41. The molecule has 0 amide bonds. The molecule has 1 unspecified atom stereocenters. The SMILES string of the molecule is CC(=O)n1c(=O)ccn([C@]2(CC(C)CC(=O)O)O[C@H](CO)[C@@H](O)[C@H]2O)c1=O. The highest BCUT2D eigenvalue weighted by Crippen LogP contribution is 2.40. The molecule has 5 atom stereocenters. The fourth-order valence-corrected chi connectivity index (χ4v) is 3.41. The Balaban J connectivity index is 2.67. The van der Waals surface area contributed by atoms with E-state index in [2.05, 4.69) is 0 Å². The van der Waals surface area contributed by atoms with Gasteiger partial charge in [-0.3, -0.25) is 19.0 Å². The Kier molecular flexibility index (Phi) is 6.00. The second-order valence-corrected chi connectivity index (χ2v) is 6.69. The monoisotopic (exact) mass is 386 g/mol. The lowest BCUT2D eigenvalue weighted by Gasteiger charge is -2.36. The van der Waals surface area contributed by atoms with E-state index in [1.165, 1.54) is 6.92 Å². The lowest BCUT2D eigenvalue weighted by atomic mass is 9.90. The largest absolute Gasteiger partial charge is 0.481 e. The first kappa shape index (κ1) is 21.0. The Morgan fingerprint density at radius 2 is 1.96 bits per heavy atom. The summed E-state index contributed by atoms with van der Waals surface area (Å²) in [6, 6.07) is 0.918. The molecule has 1 fully saturated rings. The predicted molar refractivity (Wildman–Crippen MR) is 89.2 cm³/mol. The summed E-state index contributed by atoms with van der Waals surface area (Å²) < 4.78 is 6.73. The highest BCUT2D eigenvalue weighted by Gasteiger charge is 2.56. The molecule has 0 bridgehead atoms. The van der Waals surface area contributed by atoms with Gasteiger partial charge in [-0.15, -0.1) is 0 Å². The second-order valence-electron chi connectivity index (χ2n) is 6.69. The van der Waals surface area contributed by atoms with Crippen molar-refractivity contribution >= 4 is 11.9 Å². The minimum atomic E-state index is -1.97. The smallest absolute Gasteiger partial charge is 0.340 e. The minimum Gasteiger partial charge on any atom is -0.481 e. The van der Waals surface area contributed by atoms with Crippen LogP contribution < -0.4 is 11.2 Å². The van der Waals surface area contributed by atoms with E-state index in [9.17, 15) is 34.5 Å². The molecule has 11 nitrogen and oxygen atoms in total. The van der Waals surface area contributed by atoms with E-state index >= 15 is 0 Å². The molecule has 27 heavy (non-hydrogen) atoms. The van der Waals surface area contributed by atoms with Gasteiger partial charge >= 0.3 is 11.7 Å². The number of carboxylic acids is 1. The number of aliphatic hydroxyl groups excluding tert-OH is 3. The van der Waals surface area contributed by atoms with Crippen molar-refractivity contribution in [2.24, 2.45) is 5.92 Å². The fraction of sp³-hybridized carbons (Fsp3) is 0.625. The van der Waals surface area contributed by atoms with Crippen LogP contribution in [0.2, 0.25) is 0 Å². The first-order valence-corrected chi connectivity index (χ1v) is 8.28. The molecule has 150 valence electrons. The van der Waals surface area contributed by atoms with Crippen LogP contribution in [0.15, 0.2) is 21.9 Å². The van der Waals surface area contributed by atoms with E-state index < -0.39 is 59.7 Å². The number of hydrogen-bond donors (Lipinski definition) is 4. The predicted octanol–water partition coefficient (Wildman–Crippen LogP) is -2.06. The average Bonchev–Trinajstić information content (AvgIpc) is 2.79. The molecule has 0 aromatic carbocycles. The molecule has 1 aromatic rings. The van der Waals surface area contributed by atoms with E-state index in [1.807, 2.05) is 0 Å². The summed E-state index contributed by atoms with van der Waals surface area (Å²) in [5, 5.41) is 39.1. The maximum absolute atomic E-state index is 12.7. The number of carbonyl (C=O) groups excluding carboxylic acids is 1. The van der Waals surface area contributed by atoms with Gasteiger partial charge in [0.1, 0.15) is 18.3 Å². The molecule has 1 aliphatic rings. The van der Waals surface area contributed by atoms with Gasteiger partial charge in [0.2, 0.25) is 5.91 Å². The van der Waals surface area contributed by atoms with Gasteiger partial charge < -0.3 is 25.2 Å². The summed E-state index contributed by atoms with van der Waals surface area (Å²) >= 11 is 0. The Morgan fingerprint density at radius 1 is 1.33 bits per heavy atom. The van der Waals surface area contributed by atoms with Crippen LogP contribution in [0.1, 0.15) is 31.5 Å². The third kappa shape index (κ3) is 3.72. The van der Waals surface area contributed by atoms with Gasteiger partial charge in [-0.25, -0.2) is 4.79 Å². The molecule has 1 aliphatic heterocycles. The Hall–Kier alpha value is -2.34. The van der Waals surface area contributed by atoms with Crippen molar-refractivity contribution in [3.05, 3.63) is 33.1 Å². The number of ether oxygens (including phenoxy) is 1. The van der Waals surface area contributed by atoms with Crippen molar-refractivity contribution in [1.82, 2.24) is 9.13 Å². The van der Waals surface area contributed by atoms with Gasteiger partial charge in [-0.05, 0) is 5.92 Å². The number of aromatic nitrogens is 2. The summed E-state index contributed by atoms with van der Waals surface area (Å²) in [5.41, 5.74) is -3.96. The topological polar surface area (TPSA) is 168 Å². The van der Waals surface area contributed by atoms with Gasteiger partial charge in [0.15, 0.2) is 5.72 Å². The zero-order chi connectivity index (χ0) is 20.5. The maximum Gasteiger partial charge on any atom is 0.340 e. The highest BCUT2D eigenvalue weighted by atomic mass is 16.6. The van der Waals surface area contributed by atoms with Gasteiger partial charge in [-0.1, -0.05) is 6.92 Å². The van der Waals surface area contributed by atoms with Crippen LogP contribution in [-0.4, -0.2) is 66.4 Å². The van der Waals surface area contributed by atoms with Crippen molar-refractivity contribution in [2.75, 3.05) is 6.61 Å². The van der Waals surface area contributed by atoms with E-state index in [4.69, 9.17) is 9.84 Å². The molecule has 0 saturated carbocycles. The molecule has 1 aromatic heterocycles. The van der Waals surface area contributed by atoms with E-state index in [0.717, 1.165) is 23.8 Å². The second kappa shape index (κ2) is 7.72. The molecule has 0 spiro atoms. The van der Waals surface area contributed by atoms with Crippen LogP contribution in [0, 0.1) is 5.92 Å². The van der Waals surface area contributed by atoms with Crippen LogP contribution in [-0.2, 0) is 15.3 Å². The first-order chi connectivity index (χ1) is 12.5. The molecule has 0 radical (unpaired) electrons. The third-order valence-corrected chi connectivity index (χ3v) is 4.57. The number of aliphatic hydroxyl groups is 3. The Labute approximate surface area is 153 Å². The average molecular weight is 386 g/mol. The van der Waals surface area contributed by atoms with Crippen LogP contribution in [0.5, 0.6) is 0 Å². The molecular formula is C16H22N2O9. The van der Waals surface area contributed by atoms with Crippen molar-refractivity contribution in [3.8, 4) is 0 Å². The van der Waals surface area contributed by atoms with Gasteiger partial charge in [0, 0.05) is 32.0 Å². The summed E-state index contributed by atoms with van der Waals surface area (Å²) in [5.74, 6) is -2.60. The normalized spacial score (nSPS) is 28.9. The Bertz CT molecular complexity index is 845. The highest BCUT2D eigenvalue weighted by molar-refractivity contribution is 5.75. The number of aliphatic carboxylic acids is 1. The lowest BCUT2D eigenvalue weighted by Crippen LogP contribution is -2.55. The van der Waals surface area contributed by atoms with Gasteiger partial charge in [0.25, 0.3) is 5.56 Å². The van der Waals surface area contributed by atoms with Crippen molar-refractivity contribution in [2.45, 2.75) is 50.7 Å². The first-order valence-electron chi connectivity index (χ1n) is 8.28. The van der Waals surface area contributed by atoms with E-state index in [0.29, 0.717) is 4.57 Å². The number of carboxylic acid groups (broad SMARTS) is 1. The van der Waals surface area contributed by atoms with Crippen molar-refractivity contribution in [3.63, 3.8) is 0 Å². The zero-order valence-electron chi connectivity index (χ0n) is 14.8. The molecular weight excluding hydrogens is 364 g/mol. The molecule has 11 heteroatoms. The van der Waals surface area contributed by atoms with E-state index in [1.54, 1.807) is 0 Å². The number of carbonyl (C=O) groups is 2. The number of rotatable bonds is 6. The van der Waals surface area contributed by atoms with Crippen LogP contribution in [0.25, 0.3) is 0 Å². The standard InChI is InChI=1S/C16H22N2O9/c1-8(5-12(22)23)6-16(14(25)13(24)10(7-19)27-16)17-4-3-11(21)18(9(2)20)15(17)26/h3-4,8,10,13-14,19,24-25H,5-7H2,1-2H3,(H,22,23)/t8?,10-,13-,14-,16-/m1/s1. The molecule has 2 heterocycles. The molecule has 1 saturated heterocycles.